The number of aliphatic hydroxyl groups is 1. The first-order valence-corrected chi connectivity index (χ1v) is 5.22. The minimum Gasteiger partial charge on any atom is -0.480 e. The number of aliphatic hydroxyl groups excluding tert-OH is 1. The molecule has 3 N–H and O–H groups in total. The molecule has 1 amide bonds. The van der Waals surface area contributed by atoms with E-state index in [0.29, 0.717) is 6.42 Å². The molecule has 0 aliphatic rings. The van der Waals surface area contributed by atoms with Gasteiger partial charge in [0.15, 0.2) is 0 Å². The lowest BCUT2D eigenvalue weighted by Crippen LogP contribution is -2.31. The summed E-state index contributed by atoms with van der Waals surface area (Å²) >= 11 is 0. The predicted molar refractivity (Wildman–Crippen MR) is 55.4 cm³/mol. The topological polar surface area (TPSA) is 86.6 Å². The summed E-state index contributed by atoms with van der Waals surface area (Å²) in [5.41, 5.74) is 0. The van der Waals surface area contributed by atoms with E-state index in [1.165, 1.54) is 0 Å². The van der Waals surface area contributed by atoms with E-state index in [2.05, 4.69) is 12.2 Å². The van der Waals surface area contributed by atoms with Gasteiger partial charge >= 0.3 is 5.97 Å². The van der Waals surface area contributed by atoms with Gasteiger partial charge < -0.3 is 15.5 Å². The second kappa shape index (κ2) is 8.23. The number of carboxylic acids is 1. The molecule has 0 aromatic carbocycles. The highest BCUT2D eigenvalue weighted by Crippen LogP contribution is 2.05. The summed E-state index contributed by atoms with van der Waals surface area (Å²) < 4.78 is 0. The predicted octanol–water partition coefficient (Wildman–Crippen LogP) is 0.518. The number of unbranched alkanes of at least 4 members (excludes halogenated alkanes) is 2. The van der Waals surface area contributed by atoms with Crippen molar-refractivity contribution in [1.82, 2.24) is 5.32 Å². The number of nitrogens with one attached hydrogen (secondary N) is 1. The SMILES string of the molecule is CCCCCC(O)CC(=O)NCC(=O)O. The summed E-state index contributed by atoms with van der Waals surface area (Å²) in [6.45, 7) is 1.67. The van der Waals surface area contributed by atoms with Gasteiger partial charge in [0, 0.05) is 0 Å². The van der Waals surface area contributed by atoms with Crippen LogP contribution in [-0.4, -0.2) is 34.7 Å². The summed E-state index contributed by atoms with van der Waals surface area (Å²) in [6, 6.07) is 0. The van der Waals surface area contributed by atoms with Crippen molar-refractivity contribution in [2.75, 3.05) is 6.54 Å². The fourth-order valence-electron chi connectivity index (χ4n) is 1.19. The maximum Gasteiger partial charge on any atom is 0.322 e. The number of carboxylic acid groups (broad SMARTS) is 1. The average Bonchev–Trinajstić information content (AvgIpc) is 2.15. The average molecular weight is 217 g/mol. The van der Waals surface area contributed by atoms with Crippen molar-refractivity contribution in [2.45, 2.75) is 45.1 Å². The van der Waals surface area contributed by atoms with E-state index in [0.717, 1.165) is 19.3 Å². The van der Waals surface area contributed by atoms with Crippen LogP contribution in [0.5, 0.6) is 0 Å². The molecule has 0 fully saturated rings. The summed E-state index contributed by atoms with van der Waals surface area (Å²) in [5, 5.41) is 19.9. The van der Waals surface area contributed by atoms with E-state index in [4.69, 9.17) is 5.11 Å². The fourth-order valence-corrected chi connectivity index (χ4v) is 1.19. The molecule has 0 rings (SSSR count). The van der Waals surface area contributed by atoms with E-state index in [1.54, 1.807) is 0 Å². The Morgan fingerprint density at radius 3 is 2.53 bits per heavy atom. The van der Waals surface area contributed by atoms with Crippen LogP contribution in [0, 0.1) is 0 Å². The molecule has 0 aromatic rings. The highest BCUT2D eigenvalue weighted by atomic mass is 16.4. The fraction of sp³-hybridized carbons (Fsp3) is 0.800. The van der Waals surface area contributed by atoms with Crippen LogP contribution in [0.15, 0.2) is 0 Å². The number of hydrogen-bond donors (Lipinski definition) is 3. The van der Waals surface area contributed by atoms with Crippen LogP contribution in [0.4, 0.5) is 0 Å². The highest BCUT2D eigenvalue weighted by Gasteiger charge is 2.10. The van der Waals surface area contributed by atoms with Crippen LogP contribution in [0.2, 0.25) is 0 Å². The smallest absolute Gasteiger partial charge is 0.322 e. The number of rotatable bonds is 8. The Bertz CT molecular complexity index is 206. The Morgan fingerprint density at radius 1 is 1.33 bits per heavy atom. The number of aliphatic carboxylic acids is 1. The van der Waals surface area contributed by atoms with Crippen molar-refractivity contribution in [3.8, 4) is 0 Å². The van der Waals surface area contributed by atoms with Crippen molar-refractivity contribution in [3.05, 3.63) is 0 Å². The van der Waals surface area contributed by atoms with Gasteiger partial charge in [-0.1, -0.05) is 26.2 Å². The summed E-state index contributed by atoms with van der Waals surface area (Å²) in [7, 11) is 0. The largest absolute Gasteiger partial charge is 0.480 e. The van der Waals surface area contributed by atoms with Gasteiger partial charge in [-0.3, -0.25) is 9.59 Å². The molecular weight excluding hydrogens is 198 g/mol. The third kappa shape index (κ3) is 9.21. The Morgan fingerprint density at radius 2 is 2.00 bits per heavy atom. The van der Waals surface area contributed by atoms with E-state index < -0.39 is 18.0 Å². The maximum absolute atomic E-state index is 11.1. The zero-order valence-electron chi connectivity index (χ0n) is 9.03. The van der Waals surface area contributed by atoms with E-state index in [9.17, 15) is 14.7 Å². The first-order chi connectivity index (χ1) is 7.06. The molecule has 0 saturated heterocycles. The molecule has 88 valence electrons. The summed E-state index contributed by atoms with van der Waals surface area (Å²) in [6.07, 6.45) is 2.91. The van der Waals surface area contributed by atoms with Crippen molar-refractivity contribution < 1.29 is 19.8 Å². The van der Waals surface area contributed by atoms with E-state index >= 15 is 0 Å². The lowest BCUT2D eigenvalue weighted by Gasteiger charge is -2.09. The van der Waals surface area contributed by atoms with Crippen molar-refractivity contribution in [1.29, 1.82) is 0 Å². The quantitative estimate of drug-likeness (QED) is 0.517. The van der Waals surface area contributed by atoms with Gasteiger partial charge in [-0.2, -0.15) is 0 Å². The second-order valence-electron chi connectivity index (χ2n) is 3.52. The molecule has 1 atom stereocenters. The molecule has 0 bridgehead atoms. The van der Waals surface area contributed by atoms with Crippen molar-refractivity contribution >= 4 is 11.9 Å². The molecule has 0 aliphatic carbocycles. The van der Waals surface area contributed by atoms with Crippen molar-refractivity contribution in [2.24, 2.45) is 0 Å². The number of hydrogen-bond acceptors (Lipinski definition) is 3. The molecular formula is C10H19NO4. The molecule has 5 heteroatoms. The van der Waals surface area contributed by atoms with Crippen molar-refractivity contribution in [3.63, 3.8) is 0 Å². The lowest BCUT2D eigenvalue weighted by molar-refractivity contribution is -0.138. The molecule has 1 unspecified atom stereocenters. The van der Waals surface area contributed by atoms with Gasteiger partial charge in [-0.15, -0.1) is 0 Å². The number of carbonyl (C=O) groups is 2. The zero-order chi connectivity index (χ0) is 11.7. The zero-order valence-corrected chi connectivity index (χ0v) is 9.03. The third-order valence-corrected chi connectivity index (χ3v) is 2.00. The van der Waals surface area contributed by atoms with Crippen LogP contribution in [-0.2, 0) is 9.59 Å². The monoisotopic (exact) mass is 217 g/mol. The van der Waals surface area contributed by atoms with Crippen LogP contribution >= 0.6 is 0 Å². The van der Waals surface area contributed by atoms with E-state index in [1.807, 2.05) is 0 Å². The maximum atomic E-state index is 11.1. The molecule has 0 heterocycles. The van der Waals surface area contributed by atoms with Crippen LogP contribution in [0.3, 0.4) is 0 Å². The molecule has 0 saturated carbocycles. The summed E-state index contributed by atoms with van der Waals surface area (Å²) in [5.74, 6) is -1.50. The molecule has 0 radical (unpaired) electrons. The van der Waals surface area contributed by atoms with Gasteiger partial charge in [0.25, 0.3) is 0 Å². The Kier molecular flexibility index (Phi) is 7.62. The van der Waals surface area contributed by atoms with Gasteiger partial charge in [0.2, 0.25) is 5.91 Å². The Labute approximate surface area is 89.5 Å². The molecule has 5 nitrogen and oxygen atoms in total. The Hall–Kier alpha value is -1.10. The van der Waals surface area contributed by atoms with Crippen LogP contribution < -0.4 is 5.32 Å². The normalized spacial score (nSPS) is 12.1. The molecule has 0 spiro atoms. The molecule has 0 aromatic heterocycles. The van der Waals surface area contributed by atoms with Gasteiger partial charge in [0.05, 0.1) is 12.5 Å². The first kappa shape index (κ1) is 13.9. The molecule has 0 aliphatic heterocycles. The van der Waals surface area contributed by atoms with Gasteiger partial charge in [0.1, 0.15) is 6.54 Å². The van der Waals surface area contributed by atoms with E-state index in [-0.39, 0.29) is 13.0 Å². The van der Waals surface area contributed by atoms with Gasteiger partial charge in [-0.05, 0) is 6.42 Å². The highest BCUT2D eigenvalue weighted by molar-refractivity contribution is 5.81. The number of carbonyl (C=O) groups excluding carboxylic acids is 1. The number of amides is 1. The first-order valence-electron chi connectivity index (χ1n) is 5.22. The van der Waals surface area contributed by atoms with Gasteiger partial charge in [-0.25, -0.2) is 0 Å². The summed E-state index contributed by atoms with van der Waals surface area (Å²) in [4.78, 5) is 21.2. The molecule has 15 heavy (non-hydrogen) atoms. The lowest BCUT2D eigenvalue weighted by atomic mass is 10.1. The minimum absolute atomic E-state index is 0.0169. The van der Waals surface area contributed by atoms with Crippen LogP contribution in [0.25, 0.3) is 0 Å². The Balaban J connectivity index is 3.53. The standard InChI is InChI=1S/C10H19NO4/c1-2-3-4-5-8(12)6-9(13)11-7-10(14)15/h8,12H,2-7H2,1H3,(H,11,13)(H,14,15). The third-order valence-electron chi connectivity index (χ3n) is 2.00. The minimum atomic E-state index is -1.08. The second-order valence-corrected chi connectivity index (χ2v) is 3.52. The van der Waals surface area contributed by atoms with Crippen LogP contribution in [0.1, 0.15) is 39.0 Å².